The van der Waals surface area contributed by atoms with Crippen LogP contribution in [0.25, 0.3) is 0 Å². The third-order valence-corrected chi connectivity index (χ3v) is 7.91. The van der Waals surface area contributed by atoms with Gasteiger partial charge in [-0.05, 0) is 50.7 Å². The number of amides is 1. The lowest BCUT2D eigenvalue weighted by molar-refractivity contribution is -0.149. The Morgan fingerprint density at radius 2 is 1.94 bits per heavy atom. The first-order valence-corrected chi connectivity index (χ1v) is 12.0. The van der Waals surface area contributed by atoms with Crippen LogP contribution in [0.4, 0.5) is 5.69 Å². The lowest BCUT2D eigenvalue weighted by Crippen LogP contribution is -2.57. The first-order valence-electron chi connectivity index (χ1n) is 12.0. The lowest BCUT2D eigenvalue weighted by atomic mass is 9.81. The third kappa shape index (κ3) is 5.21. The summed E-state index contributed by atoms with van der Waals surface area (Å²) in [5.74, 6) is 0.999. The molecule has 7 heteroatoms. The summed E-state index contributed by atoms with van der Waals surface area (Å²) in [7, 11) is 3.60. The molecule has 1 aromatic rings. The van der Waals surface area contributed by atoms with E-state index >= 15 is 0 Å². The van der Waals surface area contributed by atoms with Crippen molar-refractivity contribution >= 4 is 11.6 Å². The van der Waals surface area contributed by atoms with Gasteiger partial charge in [-0.25, -0.2) is 0 Å². The average Bonchev–Trinajstić information content (AvgIpc) is 2.81. The normalized spacial score (nSPS) is 25.5. The number of likely N-dealkylation sites (tertiary alicyclic amines) is 1. The minimum Gasteiger partial charge on any atom is -0.497 e. The molecule has 4 rings (SSSR count). The Kier molecular flexibility index (Phi) is 6.98. The first kappa shape index (κ1) is 23.3. The van der Waals surface area contributed by atoms with Gasteiger partial charge < -0.3 is 29.3 Å². The zero-order valence-electron chi connectivity index (χ0n) is 19.9. The van der Waals surface area contributed by atoms with Gasteiger partial charge in [-0.15, -0.1) is 0 Å². The highest BCUT2D eigenvalue weighted by molar-refractivity contribution is 5.73. The van der Waals surface area contributed by atoms with Gasteiger partial charge in [0.15, 0.2) is 0 Å². The molecular weight excluding hydrogens is 406 g/mol. The Balaban J connectivity index is 1.27. The van der Waals surface area contributed by atoms with E-state index < -0.39 is 5.60 Å². The van der Waals surface area contributed by atoms with Crippen LogP contribution in [0.15, 0.2) is 24.3 Å². The molecule has 3 aliphatic rings. The van der Waals surface area contributed by atoms with Crippen LogP contribution in [0, 0.1) is 0 Å². The maximum Gasteiger partial charge on any atom is 0.219 e. The molecule has 3 aliphatic heterocycles. The van der Waals surface area contributed by atoms with Gasteiger partial charge in [0.05, 0.1) is 18.3 Å². The van der Waals surface area contributed by atoms with Crippen molar-refractivity contribution in [2.75, 3.05) is 58.4 Å². The van der Waals surface area contributed by atoms with Gasteiger partial charge in [0.1, 0.15) is 5.75 Å². The van der Waals surface area contributed by atoms with Crippen LogP contribution in [0.1, 0.15) is 45.4 Å². The smallest absolute Gasteiger partial charge is 0.219 e. The fourth-order valence-corrected chi connectivity index (χ4v) is 5.62. The van der Waals surface area contributed by atoms with Gasteiger partial charge in [-0.2, -0.15) is 0 Å². The largest absolute Gasteiger partial charge is 0.497 e. The number of ether oxygens (including phenoxy) is 2. The second-order valence-corrected chi connectivity index (χ2v) is 10.00. The first-order chi connectivity index (χ1) is 15.3. The maximum atomic E-state index is 11.8. The Bertz CT molecular complexity index is 785. The topological polar surface area (TPSA) is 65.5 Å². The molecule has 1 amide bonds. The predicted molar refractivity (Wildman–Crippen MR) is 125 cm³/mol. The molecule has 1 spiro atoms. The fourth-order valence-electron chi connectivity index (χ4n) is 5.62. The number of carbonyl (C=O) groups excluding carboxylic acids is 1. The molecule has 7 nitrogen and oxygen atoms in total. The molecule has 178 valence electrons. The van der Waals surface area contributed by atoms with E-state index in [1.54, 1.807) is 14.0 Å². The van der Waals surface area contributed by atoms with E-state index in [9.17, 15) is 9.90 Å². The second kappa shape index (κ2) is 9.57. The molecule has 0 aliphatic carbocycles. The lowest BCUT2D eigenvalue weighted by Gasteiger charge is -2.49. The zero-order chi connectivity index (χ0) is 22.8. The van der Waals surface area contributed by atoms with Crippen LogP contribution in [-0.4, -0.2) is 91.5 Å². The molecule has 0 saturated carbocycles. The van der Waals surface area contributed by atoms with Crippen molar-refractivity contribution in [3.63, 3.8) is 0 Å². The zero-order valence-corrected chi connectivity index (χ0v) is 19.9. The van der Waals surface area contributed by atoms with Crippen molar-refractivity contribution in [1.29, 1.82) is 0 Å². The predicted octanol–water partition coefficient (Wildman–Crippen LogP) is 2.52. The maximum absolute atomic E-state index is 11.8. The Labute approximate surface area is 192 Å². The fraction of sp³-hybridized carbons (Fsp3) is 0.720. The quantitative estimate of drug-likeness (QED) is 0.751. The number of nitrogens with zero attached hydrogens (tertiary/aromatic N) is 3. The molecular formula is C25H39N3O4. The minimum atomic E-state index is -0.634. The van der Waals surface area contributed by atoms with Crippen LogP contribution in [0.3, 0.4) is 0 Å². The number of hydrogen-bond acceptors (Lipinski definition) is 6. The summed E-state index contributed by atoms with van der Waals surface area (Å²) in [5, 5.41) is 11.3. The van der Waals surface area contributed by atoms with Crippen LogP contribution >= 0.6 is 0 Å². The molecule has 3 fully saturated rings. The van der Waals surface area contributed by atoms with Crippen molar-refractivity contribution in [3.8, 4) is 5.75 Å². The summed E-state index contributed by atoms with van der Waals surface area (Å²) in [5.41, 5.74) is 0.414. The molecule has 3 saturated heterocycles. The summed E-state index contributed by atoms with van der Waals surface area (Å²) < 4.78 is 11.6. The van der Waals surface area contributed by atoms with Gasteiger partial charge >= 0.3 is 0 Å². The molecule has 1 atom stereocenters. The highest BCUT2D eigenvalue weighted by Crippen LogP contribution is 2.37. The van der Waals surface area contributed by atoms with Crippen molar-refractivity contribution in [1.82, 2.24) is 9.80 Å². The van der Waals surface area contributed by atoms with Crippen LogP contribution in [0.5, 0.6) is 5.75 Å². The third-order valence-electron chi connectivity index (χ3n) is 7.91. The molecule has 1 unspecified atom stereocenters. The van der Waals surface area contributed by atoms with Crippen LogP contribution in [0.2, 0.25) is 0 Å². The number of β-amino-alcohol motifs (C(OH)–C–C–N with tert-alkyl or cyclic N) is 1. The monoisotopic (exact) mass is 445 g/mol. The summed E-state index contributed by atoms with van der Waals surface area (Å²) in [6, 6.07) is 8.43. The molecule has 0 radical (unpaired) electrons. The number of hydrogen-bond donors (Lipinski definition) is 1. The van der Waals surface area contributed by atoms with E-state index in [1.807, 2.05) is 24.1 Å². The molecule has 0 bridgehead atoms. The molecule has 32 heavy (non-hydrogen) atoms. The van der Waals surface area contributed by atoms with Crippen LogP contribution in [-0.2, 0) is 9.53 Å². The number of methoxy groups -OCH3 is 1. The minimum absolute atomic E-state index is 0.110. The van der Waals surface area contributed by atoms with E-state index in [0.29, 0.717) is 0 Å². The SMILES string of the molecule is COc1cccc(N2CCC(O)(CN3CCC4(CC3)CC(N(C)C(C)=O)CCO4)CC2)c1. The number of aliphatic hydroxyl groups is 1. The molecule has 1 N–H and O–H groups in total. The molecule has 1 aromatic carbocycles. The van der Waals surface area contributed by atoms with Gasteiger partial charge in [0.2, 0.25) is 5.91 Å². The van der Waals surface area contributed by atoms with E-state index in [4.69, 9.17) is 9.47 Å². The standard InChI is InChI=1S/C25H39N3O4/c1-20(29)26(2)22-7-16-32-25(18-22)10-12-27(13-11-25)19-24(30)8-14-28(15-9-24)21-5-4-6-23(17-21)31-3/h4-6,17,22,30H,7-16,18-19H2,1-3H3. The Morgan fingerprint density at radius 1 is 1.22 bits per heavy atom. The summed E-state index contributed by atoms with van der Waals surface area (Å²) in [4.78, 5) is 18.4. The van der Waals surface area contributed by atoms with Crippen LogP contribution < -0.4 is 9.64 Å². The highest BCUT2D eigenvalue weighted by atomic mass is 16.5. The van der Waals surface area contributed by atoms with E-state index in [-0.39, 0.29) is 17.6 Å². The van der Waals surface area contributed by atoms with Gasteiger partial charge in [-0.3, -0.25) is 4.79 Å². The number of benzene rings is 1. The van der Waals surface area contributed by atoms with E-state index in [1.165, 1.54) is 0 Å². The number of anilines is 1. The number of piperidine rings is 2. The van der Waals surface area contributed by atoms with Crippen molar-refractivity contribution < 1.29 is 19.4 Å². The van der Waals surface area contributed by atoms with Gasteiger partial charge in [0, 0.05) is 71.1 Å². The van der Waals surface area contributed by atoms with Gasteiger partial charge in [-0.1, -0.05) is 6.07 Å². The van der Waals surface area contributed by atoms with Crippen molar-refractivity contribution in [2.45, 2.75) is 62.7 Å². The van der Waals surface area contributed by atoms with Crippen molar-refractivity contribution in [3.05, 3.63) is 24.3 Å². The highest BCUT2D eigenvalue weighted by Gasteiger charge is 2.43. The Hall–Kier alpha value is -1.83. The number of carbonyl (C=O) groups is 1. The second-order valence-electron chi connectivity index (χ2n) is 10.00. The van der Waals surface area contributed by atoms with E-state index in [2.05, 4.69) is 21.9 Å². The molecule has 3 heterocycles. The summed E-state index contributed by atoms with van der Waals surface area (Å²) in [6.45, 7) is 6.69. The van der Waals surface area contributed by atoms with Crippen molar-refractivity contribution in [2.24, 2.45) is 0 Å². The Morgan fingerprint density at radius 3 is 2.59 bits per heavy atom. The van der Waals surface area contributed by atoms with Gasteiger partial charge in [0.25, 0.3) is 0 Å². The summed E-state index contributed by atoms with van der Waals surface area (Å²) >= 11 is 0. The number of rotatable bonds is 5. The summed E-state index contributed by atoms with van der Waals surface area (Å²) in [6.07, 6.45) is 5.34. The average molecular weight is 446 g/mol. The molecule has 0 aromatic heterocycles. The van der Waals surface area contributed by atoms with E-state index in [0.717, 1.165) is 89.3 Å².